The summed E-state index contributed by atoms with van der Waals surface area (Å²) in [5.74, 6) is 0. The van der Waals surface area contributed by atoms with Crippen molar-refractivity contribution in [2.45, 2.75) is 346 Å². The summed E-state index contributed by atoms with van der Waals surface area (Å²) < 4.78 is 72.0. The van der Waals surface area contributed by atoms with Crippen LogP contribution in [0.15, 0.2) is 70.5 Å². The third kappa shape index (κ3) is 35.3. The average Bonchev–Trinajstić information content (AvgIpc) is 3.46. The van der Waals surface area contributed by atoms with Gasteiger partial charge in [-0.15, -0.1) is 0 Å². The maximum atomic E-state index is 12.0. The predicted molar refractivity (Wildman–Crippen MR) is 350 cm³/mol. The van der Waals surface area contributed by atoms with Gasteiger partial charge in [0.25, 0.3) is 0 Å². The summed E-state index contributed by atoms with van der Waals surface area (Å²) in [6.45, 7) is 9.05. The maximum absolute atomic E-state index is 12.0. The summed E-state index contributed by atoms with van der Waals surface area (Å²) in [6.07, 6.45) is 60.7. The van der Waals surface area contributed by atoms with E-state index in [0.717, 1.165) is 96.9 Å². The molecule has 4 aromatic rings. The van der Waals surface area contributed by atoms with E-state index in [2.05, 4.69) is 64.1 Å². The summed E-state index contributed by atoms with van der Waals surface area (Å²) >= 11 is 0. The Hall–Kier alpha value is -1.21. The maximum Gasteiger partial charge on any atom is 2.00 e. The average molecular weight is 1280 g/mol. The van der Waals surface area contributed by atoms with E-state index in [0.29, 0.717) is 0 Å². The summed E-state index contributed by atoms with van der Waals surface area (Å²) in [6, 6.07) is 19.2. The largest absolute Gasteiger partial charge is 2.00 e. The molecule has 0 spiro atoms. The molecule has 0 aliphatic heterocycles. The van der Waals surface area contributed by atoms with E-state index in [1.807, 2.05) is 0 Å². The minimum Gasteiger partial charge on any atom is -0.744 e. The van der Waals surface area contributed by atoms with Crippen molar-refractivity contribution in [3.05, 3.63) is 82.9 Å². The van der Waals surface area contributed by atoms with Crippen molar-refractivity contribution in [1.82, 2.24) is 0 Å². The number of unbranched alkanes of at least 4 members (excludes halogenated alkanes) is 40. The van der Waals surface area contributed by atoms with Crippen LogP contribution in [-0.4, -0.2) is 74.8 Å². The van der Waals surface area contributed by atoms with Crippen molar-refractivity contribution >= 4 is 90.7 Å². The molecule has 0 saturated carbocycles. The van der Waals surface area contributed by atoms with Gasteiger partial charge in [-0.2, -0.15) is 0 Å². The molecule has 0 saturated heterocycles. The molecule has 9 heteroatoms. The van der Waals surface area contributed by atoms with Crippen molar-refractivity contribution < 1.29 is 25.9 Å². The molecule has 0 bridgehead atoms. The minimum absolute atomic E-state index is 0. The van der Waals surface area contributed by atoms with Gasteiger partial charge in [-0.3, -0.25) is 0 Å². The zero-order valence-electron chi connectivity index (χ0n) is 52.7. The fourth-order valence-corrected chi connectivity index (χ4v) is 13.1. The van der Waals surface area contributed by atoms with Gasteiger partial charge in [0.05, 0.1) is 9.79 Å². The van der Waals surface area contributed by atoms with Crippen LogP contribution in [0.3, 0.4) is 0 Å². The van der Waals surface area contributed by atoms with Crippen LogP contribution >= 0.6 is 0 Å². The van der Waals surface area contributed by atoms with E-state index in [-0.39, 0.29) is 58.7 Å². The smallest absolute Gasteiger partial charge is 0.744 e. The van der Waals surface area contributed by atoms with Crippen molar-refractivity contribution in [2.75, 3.05) is 0 Å². The van der Waals surface area contributed by atoms with Gasteiger partial charge in [0, 0.05) is 0 Å². The molecular formula is C72H118BaO6S2. The SMILES string of the molecule is CCCCCCCCCCCCCc1cc(S(=O)(=O)[O-])cc2c(CCCCCCCCCCCCC)cccc12.CCCCCCCCCCCCCc1cc(S(=O)(=O)[O-])cc2c(CCCCCCCCCCCCC)cccc12.[Ba+2]. The second-order valence-electron chi connectivity index (χ2n) is 24.2. The van der Waals surface area contributed by atoms with Gasteiger partial charge in [0.1, 0.15) is 20.2 Å². The van der Waals surface area contributed by atoms with E-state index >= 15 is 0 Å². The fraction of sp³-hybridized carbons (Fsp3) is 0.722. The van der Waals surface area contributed by atoms with Crippen molar-refractivity contribution in [3.8, 4) is 0 Å². The molecule has 0 heterocycles. The second kappa shape index (κ2) is 48.9. The summed E-state index contributed by atoms with van der Waals surface area (Å²) in [5, 5.41) is 4.18. The molecule has 6 nitrogen and oxygen atoms in total. The summed E-state index contributed by atoms with van der Waals surface area (Å²) in [7, 11) is -8.97. The van der Waals surface area contributed by atoms with Crippen LogP contribution in [0.5, 0.6) is 0 Å². The van der Waals surface area contributed by atoms with Crippen LogP contribution in [0.2, 0.25) is 0 Å². The first-order valence-corrected chi connectivity index (χ1v) is 36.8. The number of aryl methyl sites for hydroxylation is 4. The van der Waals surface area contributed by atoms with Gasteiger partial charge < -0.3 is 9.11 Å². The standard InChI is InChI=1S/2C36H60O3S.Ba/c2*1-3-5-7-9-11-13-15-17-19-21-23-26-32-28-25-29-35-33(30-34(31-36(32)35)40(37,38)39)27-24-22-20-18-16-14-12-10-8-6-4-2;/h2*25,28-31H,3-24,26-27H2,1-2H3,(H,37,38,39);/q;;+2/p-2. The number of rotatable bonds is 50. The number of fused-ring (bicyclic) bond motifs is 2. The van der Waals surface area contributed by atoms with Crippen LogP contribution in [0, 0.1) is 0 Å². The molecule has 0 N–H and O–H groups in total. The first-order chi connectivity index (χ1) is 38.9. The molecule has 0 amide bonds. The van der Waals surface area contributed by atoms with Crippen LogP contribution in [0.1, 0.15) is 332 Å². The van der Waals surface area contributed by atoms with Crippen LogP contribution < -0.4 is 0 Å². The molecule has 0 aliphatic carbocycles. The molecule has 0 unspecified atom stereocenters. The number of hydrogen-bond acceptors (Lipinski definition) is 6. The molecule has 4 aromatic carbocycles. The Morgan fingerprint density at radius 3 is 0.667 bits per heavy atom. The van der Waals surface area contributed by atoms with Crippen molar-refractivity contribution in [3.63, 3.8) is 0 Å². The Bertz CT molecular complexity index is 2230. The zero-order chi connectivity index (χ0) is 57.8. The van der Waals surface area contributed by atoms with Crippen molar-refractivity contribution in [1.29, 1.82) is 0 Å². The number of benzene rings is 4. The Balaban J connectivity index is 0.000000547. The Kier molecular flexibility index (Phi) is 45.8. The third-order valence-corrected chi connectivity index (χ3v) is 18.7. The predicted octanol–water partition coefficient (Wildman–Crippen LogP) is 22.5. The summed E-state index contributed by atoms with van der Waals surface area (Å²) in [4.78, 5) is -0.131. The van der Waals surface area contributed by atoms with Gasteiger partial charge in [-0.05, 0) is 119 Å². The molecular weight excluding hydrogens is 1160 g/mol. The molecule has 0 fully saturated rings. The van der Waals surface area contributed by atoms with Crippen LogP contribution in [0.25, 0.3) is 21.5 Å². The molecule has 0 atom stereocenters. The van der Waals surface area contributed by atoms with Gasteiger partial charge in [-0.25, -0.2) is 16.8 Å². The molecule has 456 valence electrons. The third-order valence-electron chi connectivity index (χ3n) is 17.1. The topological polar surface area (TPSA) is 114 Å². The first-order valence-electron chi connectivity index (χ1n) is 33.9. The molecule has 0 aliphatic rings. The van der Waals surface area contributed by atoms with Gasteiger partial charge in [0.2, 0.25) is 0 Å². The van der Waals surface area contributed by atoms with E-state index in [1.54, 1.807) is 24.3 Å². The Labute approximate surface area is 540 Å². The Morgan fingerprint density at radius 1 is 0.259 bits per heavy atom. The van der Waals surface area contributed by atoms with Gasteiger partial charge in [-0.1, -0.05) is 321 Å². The van der Waals surface area contributed by atoms with E-state index in [1.165, 1.54) is 255 Å². The van der Waals surface area contributed by atoms with E-state index in [9.17, 15) is 25.9 Å². The van der Waals surface area contributed by atoms with E-state index in [4.69, 9.17) is 0 Å². The molecule has 4 rings (SSSR count). The zero-order valence-corrected chi connectivity index (χ0v) is 58.8. The monoisotopic (exact) mass is 1280 g/mol. The van der Waals surface area contributed by atoms with Gasteiger partial charge in [0.15, 0.2) is 0 Å². The first kappa shape index (κ1) is 75.9. The minimum atomic E-state index is -4.48. The Morgan fingerprint density at radius 2 is 0.457 bits per heavy atom. The fourth-order valence-electron chi connectivity index (χ4n) is 12.1. The van der Waals surface area contributed by atoms with E-state index < -0.39 is 20.2 Å². The number of hydrogen-bond donors (Lipinski definition) is 0. The summed E-state index contributed by atoms with van der Waals surface area (Å²) in [5.41, 5.74) is 4.39. The van der Waals surface area contributed by atoms with Gasteiger partial charge >= 0.3 is 48.9 Å². The normalized spacial score (nSPS) is 11.8. The molecule has 0 radical (unpaired) electrons. The quantitative estimate of drug-likeness (QED) is 0.0247. The van der Waals surface area contributed by atoms with Crippen LogP contribution in [0.4, 0.5) is 0 Å². The van der Waals surface area contributed by atoms with Crippen LogP contribution in [-0.2, 0) is 45.9 Å². The van der Waals surface area contributed by atoms with Crippen molar-refractivity contribution in [2.24, 2.45) is 0 Å². The second-order valence-corrected chi connectivity index (χ2v) is 27.0. The molecule has 0 aromatic heterocycles. The molecule has 81 heavy (non-hydrogen) atoms.